The van der Waals surface area contributed by atoms with Gasteiger partial charge in [-0.3, -0.25) is 19.5 Å². The van der Waals surface area contributed by atoms with Gasteiger partial charge >= 0.3 is 6.09 Å². The molecule has 1 atom stereocenters. The number of halogens is 1. The molecule has 2 fully saturated rings. The molecule has 0 saturated carbocycles. The number of ether oxygens (including phenoxy) is 1. The van der Waals surface area contributed by atoms with E-state index in [0.29, 0.717) is 17.8 Å². The number of hydrogen-bond acceptors (Lipinski definition) is 6. The van der Waals surface area contributed by atoms with E-state index in [1.165, 1.54) is 23.5 Å². The molecule has 0 radical (unpaired) electrons. The lowest BCUT2D eigenvalue weighted by atomic mass is 10.0. The lowest BCUT2D eigenvalue weighted by Gasteiger charge is -2.34. The molecular formula is C25H32FN5O3. The second kappa shape index (κ2) is 10.9. The molecule has 4 rings (SSSR count). The average molecular weight is 470 g/mol. The van der Waals surface area contributed by atoms with Gasteiger partial charge in [-0.05, 0) is 29.3 Å². The lowest BCUT2D eigenvalue weighted by Crippen LogP contribution is -2.47. The third kappa shape index (κ3) is 5.91. The summed E-state index contributed by atoms with van der Waals surface area (Å²) in [5.74, 6) is -0.597. The molecule has 34 heavy (non-hydrogen) atoms. The van der Waals surface area contributed by atoms with Crippen molar-refractivity contribution < 1.29 is 18.7 Å². The van der Waals surface area contributed by atoms with Crippen molar-refractivity contribution in [2.45, 2.75) is 19.6 Å². The number of benzene rings is 2. The number of amides is 2. The molecule has 0 aromatic heterocycles. The van der Waals surface area contributed by atoms with Crippen LogP contribution in [0.4, 0.5) is 14.9 Å². The standard InChI is InChI=1S/C25H32FN5O3/c1-18(32)28-15-22-17-31(25(33)34-22)21-6-7-23(24(26)14-21)20-4-2-19(3-5-20)16-30-12-10-29(9-8-27)11-13-30/h2-7,14,22H,8-13,15-17,27H2,1H3,(H,28,32)/t22-/m0/s1. The lowest BCUT2D eigenvalue weighted by molar-refractivity contribution is -0.119. The number of cyclic esters (lactones) is 1. The van der Waals surface area contributed by atoms with Crippen LogP contribution in [-0.4, -0.2) is 80.3 Å². The molecule has 8 nitrogen and oxygen atoms in total. The quantitative estimate of drug-likeness (QED) is 0.615. The third-order valence-electron chi connectivity index (χ3n) is 6.30. The normalized spacial score (nSPS) is 19.3. The number of hydrogen-bond donors (Lipinski definition) is 2. The van der Waals surface area contributed by atoms with Crippen LogP contribution in [0.2, 0.25) is 0 Å². The first kappa shape index (κ1) is 24.1. The number of carbonyl (C=O) groups is 2. The van der Waals surface area contributed by atoms with Gasteiger partial charge in [-0.25, -0.2) is 9.18 Å². The Bertz CT molecular complexity index is 1010. The largest absolute Gasteiger partial charge is 0.442 e. The van der Waals surface area contributed by atoms with Gasteiger partial charge in [0.05, 0.1) is 18.8 Å². The van der Waals surface area contributed by atoms with Crippen molar-refractivity contribution in [1.29, 1.82) is 0 Å². The van der Waals surface area contributed by atoms with Crippen molar-refractivity contribution in [3.8, 4) is 11.1 Å². The van der Waals surface area contributed by atoms with E-state index in [0.717, 1.165) is 44.8 Å². The van der Waals surface area contributed by atoms with Crippen molar-refractivity contribution in [2.75, 3.05) is 57.3 Å². The molecule has 2 saturated heterocycles. The van der Waals surface area contributed by atoms with E-state index < -0.39 is 18.0 Å². The van der Waals surface area contributed by atoms with Crippen molar-refractivity contribution >= 4 is 17.7 Å². The van der Waals surface area contributed by atoms with Crippen molar-refractivity contribution in [1.82, 2.24) is 15.1 Å². The topological polar surface area (TPSA) is 91.1 Å². The first-order chi connectivity index (χ1) is 16.4. The number of nitrogens with two attached hydrogens (primary N) is 1. The highest BCUT2D eigenvalue weighted by atomic mass is 19.1. The van der Waals surface area contributed by atoms with Crippen molar-refractivity contribution in [3.63, 3.8) is 0 Å². The van der Waals surface area contributed by atoms with E-state index in [1.807, 2.05) is 24.3 Å². The number of nitrogens with zero attached hydrogens (tertiary/aromatic N) is 3. The van der Waals surface area contributed by atoms with Crippen LogP contribution in [0.3, 0.4) is 0 Å². The van der Waals surface area contributed by atoms with Gasteiger partial charge < -0.3 is 15.8 Å². The highest BCUT2D eigenvalue weighted by molar-refractivity contribution is 5.90. The number of anilines is 1. The van der Waals surface area contributed by atoms with Gasteiger partial charge in [0.25, 0.3) is 0 Å². The van der Waals surface area contributed by atoms with Crippen LogP contribution in [0.1, 0.15) is 12.5 Å². The van der Waals surface area contributed by atoms with Crippen molar-refractivity contribution in [2.24, 2.45) is 5.73 Å². The Hall–Kier alpha value is -3.01. The minimum Gasteiger partial charge on any atom is -0.442 e. The summed E-state index contributed by atoms with van der Waals surface area (Å²) < 4.78 is 20.2. The van der Waals surface area contributed by atoms with Gasteiger partial charge in [-0.2, -0.15) is 0 Å². The van der Waals surface area contributed by atoms with Crippen LogP contribution in [0.25, 0.3) is 11.1 Å². The Labute approximate surface area is 199 Å². The second-order valence-corrected chi connectivity index (χ2v) is 8.82. The summed E-state index contributed by atoms with van der Waals surface area (Å²) in [5.41, 5.74) is 8.53. The molecule has 2 aromatic rings. The summed E-state index contributed by atoms with van der Waals surface area (Å²) in [6.07, 6.45) is -1.01. The zero-order valence-corrected chi connectivity index (χ0v) is 19.5. The van der Waals surface area contributed by atoms with E-state index in [1.54, 1.807) is 12.1 Å². The minimum atomic E-state index is -0.546. The van der Waals surface area contributed by atoms with Gasteiger partial charge in [0.15, 0.2) is 0 Å². The molecule has 3 N–H and O–H groups in total. The van der Waals surface area contributed by atoms with Gasteiger partial charge in [0, 0.05) is 58.3 Å². The van der Waals surface area contributed by atoms with Crippen LogP contribution >= 0.6 is 0 Å². The highest BCUT2D eigenvalue weighted by Crippen LogP contribution is 2.29. The summed E-state index contributed by atoms with van der Waals surface area (Å²) >= 11 is 0. The van der Waals surface area contributed by atoms with Crippen LogP contribution in [-0.2, 0) is 16.1 Å². The van der Waals surface area contributed by atoms with E-state index >= 15 is 0 Å². The summed E-state index contributed by atoms with van der Waals surface area (Å²) in [4.78, 5) is 29.5. The van der Waals surface area contributed by atoms with Crippen molar-refractivity contribution in [3.05, 3.63) is 53.8 Å². The number of piperazine rings is 1. The Morgan fingerprint density at radius 2 is 1.82 bits per heavy atom. The molecule has 0 unspecified atom stereocenters. The van der Waals surface area contributed by atoms with Crippen LogP contribution in [0.15, 0.2) is 42.5 Å². The first-order valence-electron chi connectivity index (χ1n) is 11.7. The Kier molecular flexibility index (Phi) is 7.77. The maximum Gasteiger partial charge on any atom is 0.414 e. The van der Waals surface area contributed by atoms with E-state index in [-0.39, 0.29) is 19.0 Å². The molecule has 0 spiro atoms. The second-order valence-electron chi connectivity index (χ2n) is 8.82. The molecule has 2 aliphatic heterocycles. The maximum atomic E-state index is 15.0. The summed E-state index contributed by atoms with van der Waals surface area (Å²) in [6, 6.07) is 12.7. The predicted molar refractivity (Wildman–Crippen MR) is 129 cm³/mol. The fourth-order valence-electron chi connectivity index (χ4n) is 4.40. The molecule has 2 amide bonds. The monoisotopic (exact) mass is 469 g/mol. The van der Waals surface area contributed by atoms with Gasteiger partial charge in [0.2, 0.25) is 5.91 Å². The zero-order chi connectivity index (χ0) is 24.1. The van der Waals surface area contributed by atoms with E-state index in [9.17, 15) is 14.0 Å². The fourth-order valence-corrected chi connectivity index (χ4v) is 4.40. The summed E-state index contributed by atoms with van der Waals surface area (Å²) in [7, 11) is 0. The molecule has 2 aromatic carbocycles. The van der Waals surface area contributed by atoms with Crippen LogP contribution < -0.4 is 16.0 Å². The van der Waals surface area contributed by atoms with Crippen LogP contribution in [0, 0.1) is 5.82 Å². The minimum absolute atomic E-state index is 0.194. The average Bonchev–Trinajstić information content (AvgIpc) is 3.20. The SMILES string of the molecule is CC(=O)NC[C@H]1CN(c2ccc(-c3ccc(CN4CCN(CCN)CC4)cc3)c(F)c2)C(=O)O1. The fraction of sp³-hybridized carbons (Fsp3) is 0.440. The highest BCUT2D eigenvalue weighted by Gasteiger charge is 2.32. The van der Waals surface area contributed by atoms with Gasteiger partial charge in [0.1, 0.15) is 11.9 Å². The molecule has 182 valence electrons. The predicted octanol–water partition coefficient (Wildman–Crippen LogP) is 2.03. The maximum absolute atomic E-state index is 15.0. The molecular weight excluding hydrogens is 437 g/mol. The van der Waals surface area contributed by atoms with Gasteiger partial charge in [-0.15, -0.1) is 0 Å². The molecule has 2 heterocycles. The molecule has 2 aliphatic rings. The van der Waals surface area contributed by atoms with Crippen LogP contribution in [0.5, 0.6) is 0 Å². The number of rotatable bonds is 8. The van der Waals surface area contributed by atoms with Gasteiger partial charge in [-0.1, -0.05) is 24.3 Å². The number of nitrogens with one attached hydrogen (secondary N) is 1. The van der Waals surface area contributed by atoms with E-state index in [2.05, 4.69) is 15.1 Å². The van der Waals surface area contributed by atoms with E-state index in [4.69, 9.17) is 10.5 Å². The number of carbonyl (C=O) groups excluding carboxylic acids is 2. The Balaban J connectivity index is 1.37. The Morgan fingerprint density at radius 3 is 2.47 bits per heavy atom. The first-order valence-corrected chi connectivity index (χ1v) is 11.7. The third-order valence-corrected chi connectivity index (χ3v) is 6.30. The zero-order valence-electron chi connectivity index (χ0n) is 19.5. The smallest absolute Gasteiger partial charge is 0.414 e. The molecule has 0 bridgehead atoms. The summed E-state index contributed by atoms with van der Waals surface area (Å²) in [6.45, 7) is 8.50. The molecule has 0 aliphatic carbocycles. The molecule has 9 heteroatoms. The summed E-state index contributed by atoms with van der Waals surface area (Å²) in [5, 5.41) is 2.63. The Morgan fingerprint density at radius 1 is 1.12 bits per heavy atom.